The van der Waals surface area contributed by atoms with Gasteiger partial charge in [-0.1, -0.05) is 6.07 Å². The van der Waals surface area contributed by atoms with Crippen molar-refractivity contribution in [2.45, 2.75) is 31.8 Å². The third-order valence-electron chi connectivity index (χ3n) is 3.90. The summed E-state index contributed by atoms with van der Waals surface area (Å²) in [4.78, 5) is 24.9. The molecule has 1 aliphatic heterocycles. The molecule has 6 heteroatoms. The summed E-state index contributed by atoms with van der Waals surface area (Å²) in [5.41, 5.74) is 0.662. The number of carboxylic acids is 1. The summed E-state index contributed by atoms with van der Waals surface area (Å²) in [5, 5.41) is 11.7. The van der Waals surface area contributed by atoms with E-state index in [1.165, 1.54) is 12.1 Å². The molecule has 1 aromatic rings. The van der Waals surface area contributed by atoms with Crippen LogP contribution in [-0.2, 0) is 9.53 Å². The number of ether oxygens (including phenoxy) is 1. The number of nitrogens with one attached hydrogen (secondary N) is 1. The molecule has 6 nitrogen and oxygen atoms in total. The van der Waals surface area contributed by atoms with Crippen LogP contribution in [0.25, 0.3) is 0 Å². The summed E-state index contributed by atoms with van der Waals surface area (Å²) in [5.74, 6) is -1.15. The number of carbonyl (C=O) groups excluding carboxylic acids is 1. The second kappa shape index (κ2) is 8.64. The topological polar surface area (TPSA) is 78.9 Å². The molecule has 0 saturated carbocycles. The van der Waals surface area contributed by atoms with Gasteiger partial charge in [-0.25, -0.2) is 4.79 Å². The molecule has 1 fully saturated rings. The number of anilines is 1. The maximum absolute atomic E-state index is 12.0. The first-order chi connectivity index (χ1) is 11.0. The van der Waals surface area contributed by atoms with Crippen LogP contribution in [0.2, 0.25) is 0 Å². The van der Waals surface area contributed by atoms with Crippen LogP contribution in [0.1, 0.15) is 36.0 Å². The number of rotatable bonds is 8. The molecule has 0 aliphatic carbocycles. The first kappa shape index (κ1) is 17.4. The summed E-state index contributed by atoms with van der Waals surface area (Å²) in [6, 6.07) is 6.25. The van der Waals surface area contributed by atoms with Gasteiger partial charge in [-0.15, -0.1) is 0 Å². The zero-order valence-electron chi connectivity index (χ0n) is 13.5. The predicted molar refractivity (Wildman–Crippen MR) is 87.7 cm³/mol. The standard InChI is InChI=1S/C17H24N2O4/c1-19(9-3-7-15-8-4-10-23-15)12-16(20)18-14-6-2-5-13(11-14)17(21)22/h2,5-6,11,15H,3-4,7-10,12H2,1H3,(H,18,20)(H,21,22). The van der Waals surface area contributed by atoms with Gasteiger partial charge in [0.25, 0.3) is 0 Å². The number of hydrogen-bond donors (Lipinski definition) is 2. The van der Waals surface area contributed by atoms with Gasteiger partial charge in [-0.05, 0) is 57.5 Å². The van der Waals surface area contributed by atoms with Crippen LogP contribution in [0, 0.1) is 0 Å². The molecule has 0 aromatic heterocycles. The van der Waals surface area contributed by atoms with Crippen molar-refractivity contribution in [3.63, 3.8) is 0 Å². The highest BCUT2D eigenvalue weighted by atomic mass is 16.5. The number of hydrogen-bond acceptors (Lipinski definition) is 4. The molecule has 0 bridgehead atoms. The highest BCUT2D eigenvalue weighted by Crippen LogP contribution is 2.16. The first-order valence-corrected chi connectivity index (χ1v) is 7.98. The third kappa shape index (κ3) is 6.00. The summed E-state index contributed by atoms with van der Waals surface area (Å²) in [6.45, 7) is 1.99. The van der Waals surface area contributed by atoms with Gasteiger partial charge in [0.2, 0.25) is 5.91 Å². The number of aromatic carboxylic acids is 1. The van der Waals surface area contributed by atoms with Crippen LogP contribution < -0.4 is 5.32 Å². The van der Waals surface area contributed by atoms with E-state index in [0.717, 1.165) is 38.8 Å². The summed E-state index contributed by atoms with van der Waals surface area (Å²) in [6.07, 6.45) is 4.72. The van der Waals surface area contributed by atoms with Crippen LogP contribution in [-0.4, -0.2) is 54.7 Å². The minimum absolute atomic E-state index is 0.146. The van der Waals surface area contributed by atoms with Crippen molar-refractivity contribution in [1.29, 1.82) is 0 Å². The van der Waals surface area contributed by atoms with E-state index in [1.807, 2.05) is 11.9 Å². The Morgan fingerprint density at radius 1 is 1.43 bits per heavy atom. The molecule has 1 saturated heterocycles. The number of amides is 1. The fourth-order valence-corrected chi connectivity index (χ4v) is 2.72. The van der Waals surface area contributed by atoms with E-state index in [4.69, 9.17) is 9.84 Å². The minimum Gasteiger partial charge on any atom is -0.478 e. The SMILES string of the molecule is CN(CCCC1CCCO1)CC(=O)Nc1cccc(C(=O)O)c1. The van der Waals surface area contributed by atoms with Gasteiger partial charge >= 0.3 is 5.97 Å². The van der Waals surface area contributed by atoms with Gasteiger partial charge in [0.15, 0.2) is 0 Å². The molecule has 2 rings (SSSR count). The minimum atomic E-state index is -1.01. The van der Waals surface area contributed by atoms with E-state index in [0.29, 0.717) is 11.8 Å². The summed E-state index contributed by atoms with van der Waals surface area (Å²) in [7, 11) is 1.91. The van der Waals surface area contributed by atoms with Gasteiger partial charge in [-0.2, -0.15) is 0 Å². The van der Waals surface area contributed by atoms with Gasteiger partial charge in [-0.3, -0.25) is 9.69 Å². The molecule has 1 amide bonds. The quantitative estimate of drug-likeness (QED) is 0.768. The number of carboxylic acid groups (broad SMARTS) is 1. The Labute approximate surface area is 136 Å². The van der Waals surface area contributed by atoms with Crippen molar-refractivity contribution < 1.29 is 19.4 Å². The molecule has 1 atom stereocenters. The molecule has 1 heterocycles. The number of nitrogens with zero attached hydrogens (tertiary/aromatic N) is 1. The molecule has 2 N–H and O–H groups in total. The molecule has 126 valence electrons. The second-order valence-electron chi connectivity index (χ2n) is 5.95. The molecule has 1 aromatic carbocycles. The fraction of sp³-hybridized carbons (Fsp3) is 0.529. The van der Waals surface area contributed by atoms with Crippen molar-refractivity contribution >= 4 is 17.6 Å². The predicted octanol–water partition coefficient (Wildman–Crippen LogP) is 2.21. The average Bonchev–Trinajstić information content (AvgIpc) is 3.00. The number of benzene rings is 1. The van der Waals surface area contributed by atoms with Gasteiger partial charge < -0.3 is 15.2 Å². The van der Waals surface area contributed by atoms with Crippen molar-refractivity contribution in [3.8, 4) is 0 Å². The molecule has 0 radical (unpaired) electrons. The Hall–Kier alpha value is -1.92. The highest BCUT2D eigenvalue weighted by molar-refractivity contribution is 5.94. The smallest absolute Gasteiger partial charge is 0.335 e. The van der Waals surface area contributed by atoms with Gasteiger partial charge in [0, 0.05) is 12.3 Å². The largest absolute Gasteiger partial charge is 0.478 e. The molecule has 1 unspecified atom stereocenters. The molecule has 1 aliphatic rings. The Bertz CT molecular complexity index is 541. The zero-order valence-corrected chi connectivity index (χ0v) is 13.5. The van der Waals surface area contributed by atoms with Crippen molar-refractivity contribution in [2.75, 3.05) is 32.1 Å². The Kier molecular flexibility index (Phi) is 6.55. The first-order valence-electron chi connectivity index (χ1n) is 7.98. The Balaban J connectivity index is 1.70. The fourth-order valence-electron chi connectivity index (χ4n) is 2.72. The van der Waals surface area contributed by atoms with Crippen LogP contribution in [0.4, 0.5) is 5.69 Å². The van der Waals surface area contributed by atoms with Crippen molar-refractivity contribution in [2.24, 2.45) is 0 Å². The molecule has 0 spiro atoms. The zero-order chi connectivity index (χ0) is 16.7. The van der Waals surface area contributed by atoms with Crippen molar-refractivity contribution in [3.05, 3.63) is 29.8 Å². The van der Waals surface area contributed by atoms with Crippen LogP contribution >= 0.6 is 0 Å². The Morgan fingerprint density at radius 3 is 2.96 bits per heavy atom. The van der Waals surface area contributed by atoms with E-state index < -0.39 is 5.97 Å². The lowest BCUT2D eigenvalue weighted by Crippen LogP contribution is -2.31. The highest BCUT2D eigenvalue weighted by Gasteiger charge is 2.15. The lowest BCUT2D eigenvalue weighted by atomic mass is 10.1. The third-order valence-corrected chi connectivity index (χ3v) is 3.90. The maximum atomic E-state index is 12.0. The van der Waals surface area contributed by atoms with Crippen LogP contribution in [0.3, 0.4) is 0 Å². The lowest BCUT2D eigenvalue weighted by Gasteiger charge is -2.17. The second-order valence-corrected chi connectivity index (χ2v) is 5.95. The summed E-state index contributed by atoms with van der Waals surface area (Å²) >= 11 is 0. The van der Waals surface area contributed by atoms with E-state index in [-0.39, 0.29) is 18.0 Å². The van der Waals surface area contributed by atoms with E-state index in [2.05, 4.69) is 5.32 Å². The molecule has 23 heavy (non-hydrogen) atoms. The summed E-state index contributed by atoms with van der Waals surface area (Å²) < 4.78 is 5.58. The lowest BCUT2D eigenvalue weighted by molar-refractivity contribution is -0.117. The number of carbonyl (C=O) groups is 2. The normalized spacial score (nSPS) is 17.4. The average molecular weight is 320 g/mol. The monoisotopic (exact) mass is 320 g/mol. The van der Waals surface area contributed by atoms with Crippen molar-refractivity contribution in [1.82, 2.24) is 4.90 Å². The van der Waals surface area contributed by atoms with Gasteiger partial charge in [0.1, 0.15) is 0 Å². The van der Waals surface area contributed by atoms with E-state index >= 15 is 0 Å². The number of likely N-dealkylation sites (N-methyl/N-ethyl adjacent to an activating group) is 1. The van der Waals surface area contributed by atoms with Gasteiger partial charge in [0.05, 0.1) is 18.2 Å². The maximum Gasteiger partial charge on any atom is 0.335 e. The van der Waals surface area contributed by atoms with Crippen LogP contribution in [0.15, 0.2) is 24.3 Å². The van der Waals surface area contributed by atoms with Crippen LogP contribution in [0.5, 0.6) is 0 Å². The van der Waals surface area contributed by atoms with E-state index in [9.17, 15) is 9.59 Å². The molecular weight excluding hydrogens is 296 g/mol. The molecular formula is C17H24N2O4. The van der Waals surface area contributed by atoms with E-state index in [1.54, 1.807) is 12.1 Å². The Morgan fingerprint density at radius 2 is 2.26 bits per heavy atom.